The van der Waals surface area contributed by atoms with Gasteiger partial charge in [0, 0.05) is 5.54 Å². The van der Waals surface area contributed by atoms with Crippen molar-refractivity contribution in [1.29, 1.82) is 0 Å². The lowest BCUT2D eigenvalue weighted by molar-refractivity contribution is 0.299. The number of nitrogens with one attached hydrogen (secondary N) is 1. The van der Waals surface area contributed by atoms with Gasteiger partial charge in [-0.05, 0) is 44.1 Å². The molecular weight excluding hydrogens is 252 g/mol. The van der Waals surface area contributed by atoms with Crippen LogP contribution < -0.4 is 0 Å². The second kappa shape index (κ2) is 4.46. The van der Waals surface area contributed by atoms with Gasteiger partial charge in [0.05, 0.1) is 16.1 Å². The van der Waals surface area contributed by atoms with Crippen molar-refractivity contribution in [1.82, 2.24) is 9.55 Å². The first kappa shape index (κ1) is 12.7. The topological polar surface area (TPSA) is 20.7 Å². The summed E-state index contributed by atoms with van der Waals surface area (Å²) in [7, 11) is 0. The van der Waals surface area contributed by atoms with Crippen LogP contribution in [0.25, 0.3) is 11.0 Å². The number of hydrogen-bond acceptors (Lipinski definition) is 1. The number of aromatic amines is 1. The molecule has 1 heterocycles. The third kappa shape index (κ3) is 1.91. The SMILES string of the molecule is CCC(C)(CC)n1c(=S)[nH]c2c(Cl)cccc21. The maximum absolute atomic E-state index is 6.19. The van der Waals surface area contributed by atoms with Gasteiger partial charge in [0.15, 0.2) is 4.77 Å². The fraction of sp³-hybridized carbons (Fsp3) is 0.462. The third-order valence-electron chi connectivity index (χ3n) is 3.73. The Bertz CT molecular complexity index is 593. The highest BCUT2D eigenvalue weighted by Crippen LogP contribution is 2.31. The zero-order chi connectivity index (χ0) is 12.6. The molecule has 0 unspecified atom stereocenters. The van der Waals surface area contributed by atoms with E-state index >= 15 is 0 Å². The summed E-state index contributed by atoms with van der Waals surface area (Å²) in [6, 6.07) is 5.92. The Morgan fingerprint density at radius 2 is 2.00 bits per heavy atom. The molecule has 2 rings (SSSR count). The molecular formula is C13H17ClN2S. The summed E-state index contributed by atoms with van der Waals surface area (Å²) in [6.45, 7) is 6.61. The molecule has 1 aromatic carbocycles. The van der Waals surface area contributed by atoms with E-state index < -0.39 is 0 Å². The summed E-state index contributed by atoms with van der Waals surface area (Å²) >= 11 is 11.6. The predicted molar refractivity (Wildman–Crippen MR) is 76.4 cm³/mol. The minimum absolute atomic E-state index is 0.0417. The lowest BCUT2D eigenvalue weighted by Gasteiger charge is -2.29. The smallest absolute Gasteiger partial charge is 0.178 e. The number of nitrogens with zero attached hydrogens (tertiary/aromatic N) is 1. The maximum atomic E-state index is 6.19. The van der Waals surface area contributed by atoms with Gasteiger partial charge < -0.3 is 9.55 Å². The van der Waals surface area contributed by atoms with Gasteiger partial charge in [-0.25, -0.2) is 0 Å². The highest BCUT2D eigenvalue weighted by molar-refractivity contribution is 7.71. The molecule has 0 aliphatic heterocycles. The fourth-order valence-corrected chi connectivity index (χ4v) is 2.83. The van der Waals surface area contributed by atoms with E-state index in [9.17, 15) is 0 Å². The number of aromatic nitrogens is 2. The van der Waals surface area contributed by atoms with Crippen molar-refractivity contribution in [2.45, 2.75) is 39.2 Å². The van der Waals surface area contributed by atoms with E-state index in [0.717, 1.165) is 33.7 Å². The number of halogens is 1. The summed E-state index contributed by atoms with van der Waals surface area (Å²) in [6.07, 6.45) is 2.08. The van der Waals surface area contributed by atoms with Crippen molar-refractivity contribution in [3.63, 3.8) is 0 Å². The zero-order valence-corrected chi connectivity index (χ0v) is 12.0. The number of imidazole rings is 1. The van der Waals surface area contributed by atoms with Gasteiger partial charge in [0.25, 0.3) is 0 Å². The molecule has 17 heavy (non-hydrogen) atoms. The van der Waals surface area contributed by atoms with Gasteiger partial charge >= 0.3 is 0 Å². The molecule has 0 saturated heterocycles. The molecule has 0 aliphatic rings. The highest BCUT2D eigenvalue weighted by Gasteiger charge is 2.25. The fourth-order valence-electron chi connectivity index (χ4n) is 2.20. The molecule has 0 bridgehead atoms. The first-order chi connectivity index (χ1) is 8.03. The molecule has 0 spiro atoms. The summed E-state index contributed by atoms with van der Waals surface area (Å²) in [5.41, 5.74) is 2.07. The van der Waals surface area contributed by atoms with Crippen LogP contribution in [0.15, 0.2) is 18.2 Å². The average molecular weight is 269 g/mol. The lowest BCUT2D eigenvalue weighted by Crippen LogP contribution is -2.28. The molecule has 0 saturated carbocycles. The van der Waals surface area contributed by atoms with Crippen LogP contribution in [0.5, 0.6) is 0 Å². The predicted octanol–water partition coefficient (Wildman–Crippen LogP) is 4.89. The molecule has 4 heteroatoms. The molecule has 0 atom stereocenters. The van der Waals surface area contributed by atoms with Crippen LogP contribution in [-0.2, 0) is 5.54 Å². The van der Waals surface area contributed by atoms with E-state index in [1.807, 2.05) is 12.1 Å². The normalized spacial score (nSPS) is 12.2. The van der Waals surface area contributed by atoms with Gasteiger partial charge in [0.1, 0.15) is 0 Å². The van der Waals surface area contributed by atoms with Crippen molar-refractivity contribution in [2.75, 3.05) is 0 Å². The van der Waals surface area contributed by atoms with E-state index in [4.69, 9.17) is 23.8 Å². The molecule has 0 radical (unpaired) electrons. The zero-order valence-electron chi connectivity index (χ0n) is 10.4. The number of rotatable bonds is 3. The second-order valence-corrected chi connectivity index (χ2v) is 5.40. The molecule has 0 amide bonds. The highest BCUT2D eigenvalue weighted by atomic mass is 35.5. The van der Waals surface area contributed by atoms with E-state index in [0.29, 0.717) is 0 Å². The van der Waals surface area contributed by atoms with Gasteiger partial charge in [-0.1, -0.05) is 31.5 Å². The van der Waals surface area contributed by atoms with Gasteiger partial charge in [-0.2, -0.15) is 0 Å². The summed E-state index contributed by atoms with van der Waals surface area (Å²) < 4.78 is 2.95. The Balaban J connectivity index is 2.82. The van der Waals surface area contributed by atoms with Crippen molar-refractivity contribution in [3.8, 4) is 0 Å². The molecule has 0 fully saturated rings. The van der Waals surface area contributed by atoms with E-state index in [-0.39, 0.29) is 5.54 Å². The van der Waals surface area contributed by atoms with Crippen molar-refractivity contribution >= 4 is 34.9 Å². The largest absolute Gasteiger partial charge is 0.329 e. The number of fused-ring (bicyclic) bond motifs is 1. The van der Waals surface area contributed by atoms with Crippen LogP contribution >= 0.6 is 23.8 Å². The van der Waals surface area contributed by atoms with Crippen LogP contribution in [0.4, 0.5) is 0 Å². The standard InChI is InChI=1S/C13H17ClN2S/c1-4-13(3,5-2)16-10-8-6-7-9(14)11(10)15-12(16)17/h6-8H,4-5H2,1-3H3,(H,15,17). The Morgan fingerprint density at radius 1 is 1.35 bits per heavy atom. The van der Waals surface area contributed by atoms with Crippen LogP contribution in [0.3, 0.4) is 0 Å². The Morgan fingerprint density at radius 3 is 2.59 bits per heavy atom. The van der Waals surface area contributed by atoms with Crippen LogP contribution in [-0.4, -0.2) is 9.55 Å². The molecule has 1 N–H and O–H groups in total. The first-order valence-electron chi connectivity index (χ1n) is 5.93. The Labute approximate surface area is 112 Å². The lowest BCUT2D eigenvalue weighted by atomic mass is 9.95. The van der Waals surface area contributed by atoms with Gasteiger partial charge in [-0.15, -0.1) is 0 Å². The third-order valence-corrected chi connectivity index (χ3v) is 4.33. The first-order valence-corrected chi connectivity index (χ1v) is 6.72. The monoisotopic (exact) mass is 268 g/mol. The van der Waals surface area contributed by atoms with Crippen LogP contribution in [0, 0.1) is 4.77 Å². The molecule has 2 aromatic rings. The summed E-state index contributed by atoms with van der Waals surface area (Å²) in [5.74, 6) is 0. The molecule has 1 aromatic heterocycles. The minimum atomic E-state index is 0.0417. The van der Waals surface area contributed by atoms with Gasteiger partial charge in [0.2, 0.25) is 0 Å². The van der Waals surface area contributed by atoms with E-state index in [1.165, 1.54) is 0 Å². The molecule has 2 nitrogen and oxygen atoms in total. The molecule has 92 valence electrons. The van der Waals surface area contributed by atoms with E-state index in [2.05, 4.69) is 36.4 Å². The van der Waals surface area contributed by atoms with Crippen molar-refractivity contribution in [2.24, 2.45) is 0 Å². The Kier molecular flexibility index (Phi) is 3.32. The summed E-state index contributed by atoms with van der Waals surface area (Å²) in [5, 5.41) is 0.724. The van der Waals surface area contributed by atoms with Crippen molar-refractivity contribution in [3.05, 3.63) is 28.0 Å². The minimum Gasteiger partial charge on any atom is -0.329 e. The summed E-state index contributed by atoms with van der Waals surface area (Å²) in [4.78, 5) is 3.22. The van der Waals surface area contributed by atoms with Crippen LogP contribution in [0.2, 0.25) is 5.02 Å². The average Bonchev–Trinajstić information content (AvgIpc) is 2.67. The van der Waals surface area contributed by atoms with E-state index in [1.54, 1.807) is 0 Å². The quantitative estimate of drug-likeness (QED) is 0.786. The number of hydrogen-bond donors (Lipinski definition) is 1. The number of para-hydroxylation sites is 1. The Hall–Kier alpha value is -0.800. The van der Waals surface area contributed by atoms with Crippen molar-refractivity contribution < 1.29 is 0 Å². The maximum Gasteiger partial charge on any atom is 0.178 e. The van der Waals surface area contributed by atoms with Crippen LogP contribution in [0.1, 0.15) is 33.6 Å². The number of benzene rings is 1. The second-order valence-electron chi connectivity index (χ2n) is 4.60. The number of H-pyrrole nitrogens is 1. The van der Waals surface area contributed by atoms with Gasteiger partial charge in [-0.3, -0.25) is 0 Å². The molecule has 0 aliphatic carbocycles.